The number of hydrogen-bond donors (Lipinski definition) is 1. The van der Waals surface area contributed by atoms with Crippen molar-refractivity contribution < 1.29 is 9.59 Å². The van der Waals surface area contributed by atoms with Gasteiger partial charge in [0, 0.05) is 18.1 Å². The van der Waals surface area contributed by atoms with Gasteiger partial charge in [-0.15, -0.1) is 0 Å². The third-order valence-corrected chi connectivity index (χ3v) is 5.71. The van der Waals surface area contributed by atoms with Crippen LogP contribution in [0.2, 0.25) is 0 Å². The fourth-order valence-corrected chi connectivity index (χ4v) is 3.70. The number of halogens is 1. The second kappa shape index (κ2) is 10.5. The van der Waals surface area contributed by atoms with E-state index in [1.807, 2.05) is 55.6 Å². The fourth-order valence-electron chi connectivity index (χ4n) is 2.76. The van der Waals surface area contributed by atoms with E-state index < -0.39 is 6.04 Å². The van der Waals surface area contributed by atoms with Crippen LogP contribution in [0.3, 0.4) is 0 Å². The van der Waals surface area contributed by atoms with Crippen molar-refractivity contribution in [1.82, 2.24) is 10.2 Å². The van der Waals surface area contributed by atoms with Gasteiger partial charge in [0.05, 0.1) is 5.56 Å². The van der Waals surface area contributed by atoms with Gasteiger partial charge in [0.1, 0.15) is 6.04 Å². The number of amides is 2. The van der Waals surface area contributed by atoms with Crippen molar-refractivity contribution in [2.24, 2.45) is 0 Å². The molecule has 2 amide bonds. The molecule has 1 atom stereocenters. The summed E-state index contributed by atoms with van der Waals surface area (Å²) in [5.41, 5.74) is 2.78. The maximum Gasteiger partial charge on any atom is 0.253 e. The minimum atomic E-state index is -0.550. The Kier molecular flexibility index (Phi) is 8.38. The van der Waals surface area contributed by atoms with Gasteiger partial charge in [0.15, 0.2) is 0 Å². The molecule has 0 aliphatic carbocycles. The molecule has 27 heavy (non-hydrogen) atoms. The van der Waals surface area contributed by atoms with Crippen LogP contribution in [0.25, 0.3) is 0 Å². The molecule has 0 saturated heterocycles. The van der Waals surface area contributed by atoms with Crippen LogP contribution in [0, 0.1) is 6.92 Å². The minimum absolute atomic E-state index is 0.0762. The summed E-state index contributed by atoms with van der Waals surface area (Å²) in [6.45, 7) is 2.56. The van der Waals surface area contributed by atoms with Gasteiger partial charge in [-0.25, -0.2) is 0 Å². The van der Waals surface area contributed by atoms with Gasteiger partial charge in [-0.3, -0.25) is 9.59 Å². The lowest BCUT2D eigenvalue weighted by atomic mass is 10.1. The van der Waals surface area contributed by atoms with E-state index in [0.29, 0.717) is 23.0 Å². The zero-order valence-corrected chi connectivity index (χ0v) is 18.3. The lowest BCUT2D eigenvalue weighted by Crippen LogP contribution is -2.47. The fraction of sp³-hybridized carbons (Fsp3) is 0.333. The Morgan fingerprint density at radius 1 is 1.15 bits per heavy atom. The molecule has 144 valence electrons. The van der Waals surface area contributed by atoms with Crippen molar-refractivity contribution in [2.75, 3.05) is 19.1 Å². The van der Waals surface area contributed by atoms with Gasteiger partial charge >= 0.3 is 0 Å². The SMILES string of the molecule is CSCCC(NC(=O)c1ccccc1Br)C(=O)N(C)Cc1ccccc1C. The quantitative estimate of drug-likeness (QED) is 0.655. The number of benzene rings is 2. The zero-order valence-electron chi connectivity index (χ0n) is 15.9. The topological polar surface area (TPSA) is 49.4 Å². The van der Waals surface area contributed by atoms with Crippen molar-refractivity contribution in [3.8, 4) is 0 Å². The average molecular weight is 449 g/mol. The summed E-state index contributed by atoms with van der Waals surface area (Å²) < 4.78 is 0.715. The minimum Gasteiger partial charge on any atom is -0.340 e. The van der Waals surface area contributed by atoms with E-state index in [-0.39, 0.29) is 11.8 Å². The largest absolute Gasteiger partial charge is 0.340 e. The van der Waals surface area contributed by atoms with Crippen LogP contribution >= 0.6 is 27.7 Å². The molecule has 0 aliphatic rings. The predicted octanol–water partition coefficient (Wildman–Crippen LogP) is 4.27. The Morgan fingerprint density at radius 3 is 2.48 bits per heavy atom. The Bertz CT molecular complexity index is 797. The first-order valence-electron chi connectivity index (χ1n) is 8.78. The van der Waals surface area contributed by atoms with Gasteiger partial charge < -0.3 is 10.2 Å². The number of thioether (sulfide) groups is 1. The Morgan fingerprint density at radius 2 is 1.81 bits per heavy atom. The summed E-state index contributed by atoms with van der Waals surface area (Å²) >= 11 is 5.06. The number of nitrogens with one attached hydrogen (secondary N) is 1. The maximum absolute atomic E-state index is 13.0. The number of carbonyl (C=O) groups is 2. The molecule has 2 aromatic carbocycles. The molecule has 0 spiro atoms. The number of rotatable bonds is 8. The second-order valence-corrected chi connectivity index (χ2v) is 8.25. The van der Waals surface area contributed by atoms with Crippen LogP contribution in [-0.2, 0) is 11.3 Å². The molecule has 4 nitrogen and oxygen atoms in total. The van der Waals surface area contributed by atoms with E-state index in [9.17, 15) is 9.59 Å². The molecule has 1 unspecified atom stereocenters. The third-order valence-electron chi connectivity index (χ3n) is 4.38. The van der Waals surface area contributed by atoms with Crippen LogP contribution in [0.5, 0.6) is 0 Å². The standard InChI is InChI=1S/C21H25BrN2O2S/c1-15-8-4-5-9-16(15)14-24(2)21(26)19(12-13-27-3)23-20(25)17-10-6-7-11-18(17)22/h4-11,19H,12-14H2,1-3H3,(H,23,25). The van der Waals surface area contributed by atoms with Crippen LogP contribution in [0.1, 0.15) is 27.9 Å². The van der Waals surface area contributed by atoms with Gasteiger partial charge in [-0.1, -0.05) is 36.4 Å². The van der Waals surface area contributed by atoms with E-state index in [0.717, 1.165) is 16.9 Å². The summed E-state index contributed by atoms with van der Waals surface area (Å²) in [6, 6.07) is 14.7. The molecule has 2 aromatic rings. The van der Waals surface area contributed by atoms with E-state index in [4.69, 9.17) is 0 Å². The molecule has 0 radical (unpaired) electrons. The Hall–Kier alpha value is -1.79. The first-order valence-corrected chi connectivity index (χ1v) is 11.0. The summed E-state index contributed by atoms with van der Waals surface area (Å²) in [5, 5.41) is 2.92. The highest BCUT2D eigenvalue weighted by Crippen LogP contribution is 2.17. The number of carbonyl (C=O) groups excluding carboxylic acids is 2. The molecular formula is C21H25BrN2O2S. The third kappa shape index (κ3) is 6.11. The van der Waals surface area contributed by atoms with Gasteiger partial charge in [-0.05, 0) is 64.5 Å². The molecule has 0 fully saturated rings. The van der Waals surface area contributed by atoms with Crippen molar-refractivity contribution in [1.29, 1.82) is 0 Å². The first kappa shape index (κ1) is 21.5. The zero-order chi connectivity index (χ0) is 19.8. The van der Waals surface area contributed by atoms with E-state index in [2.05, 4.69) is 21.2 Å². The molecule has 2 rings (SSSR count). The summed E-state index contributed by atoms with van der Waals surface area (Å²) in [4.78, 5) is 27.4. The Labute approximate surface area is 173 Å². The lowest BCUT2D eigenvalue weighted by Gasteiger charge is -2.25. The van der Waals surface area contributed by atoms with Crippen molar-refractivity contribution in [3.63, 3.8) is 0 Å². The number of nitrogens with zero attached hydrogens (tertiary/aromatic N) is 1. The summed E-state index contributed by atoms with van der Waals surface area (Å²) in [5.74, 6) is 0.476. The van der Waals surface area contributed by atoms with Crippen LogP contribution in [-0.4, -0.2) is 41.8 Å². The average Bonchev–Trinajstić information content (AvgIpc) is 2.66. The second-order valence-electron chi connectivity index (χ2n) is 6.41. The van der Waals surface area contributed by atoms with E-state index >= 15 is 0 Å². The molecule has 0 aliphatic heterocycles. The summed E-state index contributed by atoms with van der Waals surface area (Å²) in [6.07, 6.45) is 2.59. The monoisotopic (exact) mass is 448 g/mol. The predicted molar refractivity (Wildman–Crippen MR) is 116 cm³/mol. The van der Waals surface area contributed by atoms with Crippen LogP contribution in [0.4, 0.5) is 0 Å². The number of hydrogen-bond acceptors (Lipinski definition) is 3. The first-order chi connectivity index (χ1) is 12.9. The van der Waals surface area contributed by atoms with E-state index in [1.54, 1.807) is 29.8 Å². The maximum atomic E-state index is 13.0. The van der Waals surface area contributed by atoms with Gasteiger partial charge in [-0.2, -0.15) is 11.8 Å². The van der Waals surface area contributed by atoms with E-state index in [1.165, 1.54) is 0 Å². The van der Waals surface area contributed by atoms with Crippen molar-refractivity contribution in [3.05, 3.63) is 69.7 Å². The highest BCUT2D eigenvalue weighted by atomic mass is 79.9. The molecule has 1 N–H and O–H groups in total. The van der Waals surface area contributed by atoms with Crippen molar-refractivity contribution >= 4 is 39.5 Å². The normalized spacial score (nSPS) is 11.7. The number of aryl methyl sites for hydroxylation is 1. The molecule has 0 bridgehead atoms. The number of likely N-dealkylation sites (N-methyl/N-ethyl adjacent to an activating group) is 1. The van der Waals surface area contributed by atoms with Gasteiger partial charge in [0.2, 0.25) is 5.91 Å². The lowest BCUT2D eigenvalue weighted by molar-refractivity contribution is -0.132. The van der Waals surface area contributed by atoms with Crippen LogP contribution in [0.15, 0.2) is 53.0 Å². The molecule has 0 saturated carbocycles. The van der Waals surface area contributed by atoms with Gasteiger partial charge in [0.25, 0.3) is 5.91 Å². The molecule has 0 aromatic heterocycles. The highest BCUT2D eigenvalue weighted by Gasteiger charge is 2.25. The smallest absolute Gasteiger partial charge is 0.253 e. The van der Waals surface area contributed by atoms with Crippen LogP contribution < -0.4 is 5.32 Å². The summed E-state index contributed by atoms with van der Waals surface area (Å²) in [7, 11) is 1.78. The molecular weight excluding hydrogens is 424 g/mol. The molecule has 0 heterocycles. The Balaban J connectivity index is 2.12. The highest BCUT2D eigenvalue weighted by molar-refractivity contribution is 9.10. The van der Waals surface area contributed by atoms with Crippen molar-refractivity contribution in [2.45, 2.75) is 25.9 Å². The molecule has 6 heteroatoms.